The van der Waals surface area contributed by atoms with Gasteiger partial charge in [0.15, 0.2) is 0 Å². The van der Waals surface area contributed by atoms with E-state index >= 15 is 0 Å². The zero-order chi connectivity index (χ0) is 28.4. The fourth-order valence-electron chi connectivity index (χ4n) is 4.30. The van der Waals surface area contributed by atoms with Crippen molar-refractivity contribution in [2.75, 3.05) is 39.4 Å². The molecule has 2 heterocycles. The number of likely N-dealkylation sites (tertiary alicyclic amines) is 2. The van der Waals surface area contributed by atoms with E-state index in [1.807, 2.05) is 48.5 Å². The quantitative estimate of drug-likeness (QED) is 0.358. The molecule has 0 aliphatic carbocycles. The van der Waals surface area contributed by atoms with Gasteiger partial charge in [0.2, 0.25) is 0 Å². The highest BCUT2D eigenvalue weighted by Gasteiger charge is 2.47. The van der Waals surface area contributed by atoms with Gasteiger partial charge in [0.1, 0.15) is 11.2 Å². The van der Waals surface area contributed by atoms with Gasteiger partial charge >= 0.3 is 24.1 Å². The van der Waals surface area contributed by atoms with Crippen LogP contribution in [-0.4, -0.2) is 84.5 Å². The second kappa shape index (κ2) is 13.9. The predicted octanol–water partition coefficient (Wildman–Crippen LogP) is 4.78. The van der Waals surface area contributed by atoms with Crippen molar-refractivity contribution in [3.8, 4) is 0 Å². The van der Waals surface area contributed by atoms with Crippen LogP contribution >= 0.6 is 0 Å². The second-order valence-electron chi connectivity index (χ2n) is 11.6. The second-order valence-corrected chi connectivity index (χ2v) is 11.6. The van der Waals surface area contributed by atoms with E-state index in [9.17, 15) is 19.2 Å². The first-order chi connectivity index (χ1) is 17.1. The minimum atomic E-state index is -0.554. The standard InChI is InChI=1S/C15H27NO4.C12H21NO4/c1-6-8-15(12(17)19-7-2)9-10-16(11-15)13(18)20-14(3,4)5;1-5-16-10(14)9-6-7-13(8-9)11(15)17-12(2,3)4/h6-11H2,1-5H3;9H,5-8H2,1-4H3. The van der Waals surface area contributed by atoms with Gasteiger partial charge in [-0.2, -0.15) is 0 Å². The Morgan fingerprint density at radius 1 is 0.811 bits per heavy atom. The minimum absolute atomic E-state index is 0.187. The van der Waals surface area contributed by atoms with E-state index in [-0.39, 0.29) is 30.0 Å². The first kappa shape index (κ1) is 32.5. The van der Waals surface area contributed by atoms with Crippen LogP contribution in [0, 0.1) is 11.3 Å². The molecule has 0 saturated carbocycles. The number of esters is 2. The van der Waals surface area contributed by atoms with E-state index < -0.39 is 16.6 Å². The number of nitrogens with zero attached hydrogens (tertiary/aromatic N) is 2. The summed E-state index contributed by atoms with van der Waals surface area (Å²) in [4.78, 5) is 50.7. The molecule has 0 aromatic carbocycles. The van der Waals surface area contributed by atoms with E-state index in [1.165, 1.54) is 0 Å². The molecule has 10 heteroatoms. The van der Waals surface area contributed by atoms with E-state index in [0.717, 1.165) is 12.8 Å². The molecule has 2 rings (SSSR count). The van der Waals surface area contributed by atoms with Crippen molar-refractivity contribution in [2.45, 2.75) is 99.2 Å². The molecular formula is C27H48N2O8. The van der Waals surface area contributed by atoms with Gasteiger partial charge in [-0.25, -0.2) is 9.59 Å². The van der Waals surface area contributed by atoms with Crippen molar-refractivity contribution in [3.05, 3.63) is 0 Å². The molecule has 37 heavy (non-hydrogen) atoms. The van der Waals surface area contributed by atoms with Crippen molar-refractivity contribution < 1.29 is 38.1 Å². The van der Waals surface area contributed by atoms with E-state index in [4.69, 9.17) is 18.9 Å². The Kier molecular flexibility index (Phi) is 12.2. The molecule has 0 spiro atoms. The summed E-state index contributed by atoms with van der Waals surface area (Å²) in [6.07, 6.45) is 2.23. The normalized spacial score (nSPS) is 21.6. The topological polar surface area (TPSA) is 112 Å². The van der Waals surface area contributed by atoms with E-state index in [0.29, 0.717) is 52.2 Å². The van der Waals surface area contributed by atoms with Crippen LogP contribution in [0.3, 0.4) is 0 Å². The maximum absolute atomic E-state index is 12.2. The molecule has 10 nitrogen and oxygen atoms in total. The predicted molar refractivity (Wildman–Crippen MR) is 139 cm³/mol. The highest BCUT2D eigenvalue weighted by Crippen LogP contribution is 2.37. The molecule has 0 radical (unpaired) electrons. The van der Waals surface area contributed by atoms with Gasteiger partial charge in [-0.15, -0.1) is 0 Å². The Labute approximate surface area is 222 Å². The highest BCUT2D eigenvalue weighted by atomic mass is 16.6. The maximum Gasteiger partial charge on any atom is 0.410 e. The molecule has 0 aromatic rings. The Hall–Kier alpha value is -2.52. The van der Waals surface area contributed by atoms with Gasteiger partial charge in [-0.3, -0.25) is 9.59 Å². The SMILES string of the molecule is CCCC1(C(=O)OCC)CCN(C(=O)OC(C)(C)C)C1.CCOC(=O)C1CCN(C(=O)OC(C)(C)C)C1. The lowest BCUT2D eigenvalue weighted by Crippen LogP contribution is -2.40. The average molecular weight is 529 g/mol. The monoisotopic (exact) mass is 528 g/mol. The lowest BCUT2D eigenvalue weighted by molar-refractivity contribution is -0.155. The fourth-order valence-corrected chi connectivity index (χ4v) is 4.30. The number of hydrogen-bond acceptors (Lipinski definition) is 8. The van der Waals surface area contributed by atoms with E-state index in [2.05, 4.69) is 0 Å². The van der Waals surface area contributed by atoms with Crippen molar-refractivity contribution in [3.63, 3.8) is 0 Å². The van der Waals surface area contributed by atoms with Crippen molar-refractivity contribution in [1.82, 2.24) is 9.80 Å². The molecular weight excluding hydrogens is 480 g/mol. The van der Waals surface area contributed by atoms with Crippen LogP contribution in [-0.2, 0) is 28.5 Å². The first-order valence-corrected chi connectivity index (χ1v) is 13.4. The summed E-state index contributed by atoms with van der Waals surface area (Å²) in [5.41, 5.74) is -1.57. The summed E-state index contributed by atoms with van der Waals surface area (Å²) < 4.78 is 20.7. The molecule has 2 fully saturated rings. The van der Waals surface area contributed by atoms with Gasteiger partial charge in [0.05, 0.1) is 24.5 Å². The lowest BCUT2D eigenvalue weighted by atomic mass is 9.82. The Morgan fingerprint density at radius 3 is 1.84 bits per heavy atom. The van der Waals surface area contributed by atoms with Crippen molar-refractivity contribution in [1.29, 1.82) is 0 Å². The van der Waals surface area contributed by atoms with Gasteiger partial charge in [0.25, 0.3) is 0 Å². The molecule has 2 amide bonds. The summed E-state index contributed by atoms with van der Waals surface area (Å²) in [5, 5.41) is 0. The highest BCUT2D eigenvalue weighted by molar-refractivity contribution is 5.79. The lowest BCUT2D eigenvalue weighted by Gasteiger charge is -2.28. The zero-order valence-corrected chi connectivity index (χ0v) is 24.3. The molecule has 214 valence electrons. The largest absolute Gasteiger partial charge is 0.466 e. The summed E-state index contributed by atoms with van der Waals surface area (Å²) in [6, 6.07) is 0. The molecule has 2 unspecified atom stereocenters. The third kappa shape index (κ3) is 10.8. The van der Waals surface area contributed by atoms with Gasteiger partial charge < -0.3 is 28.7 Å². The van der Waals surface area contributed by atoms with Crippen LogP contribution in [0.4, 0.5) is 9.59 Å². The van der Waals surface area contributed by atoms with Crippen molar-refractivity contribution >= 4 is 24.1 Å². The molecule has 0 bridgehead atoms. The van der Waals surface area contributed by atoms with Crippen LogP contribution in [0.5, 0.6) is 0 Å². The van der Waals surface area contributed by atoms with Gasteiger partial charge in [-0.1, -0.05) is 13.3 Å². The number of amides is 2. The third-order valence-electron chi connectivity index (χ3n) is 5.90. The number of ether oxygens (including phenoxy) is 4. The summed E-state index contributed by atoms with van der Waals surface area (Å²) in [5.74, 6) is -0.617. The Bertz CT molecular complexity index is 786. The molecule has 2 aliphatic rings. The third-order valence-corrected chi connectivity index (χ3v) is 5.90. The number of rotatable bonds is 6. The Balaban J connectivity index is 0.000000375. The minimum Gasteiger partial charge on any atom is -0.466 e. The summed E-state index contributed by atoms with van der Waals surface area (Å²) >= 11 is 0. The molecule has 2 aliphatic heterocycles. The van der Waals surface area contributed by atoms with E-state index in [1.54, 1.807) is 23.6 Å². The van der Waals surface area contributed by atoms with Crippen LogP contribution in [0.2, 0.25) is 0 Å². The summed E-state index contributed by atoms with van der Waals surface area (Å²) in [7, 11) is 0. The fraction of sp³-hybridized carbons (Fsp3) is 0.852. The molecule has 0 N–H and O–H groups in total. The molecule has 2 saturated heterocycles. The first-order valence-electron chi connectivity index (χ1n) is 13.4. The van der Waals surface area contributed by atoms with Crippen molar-refractivity contribution in [2.24, 2.45) is 11.3 Å². The van der Waals surface area contributed by atoms with Crippen LogP contribution < -0.4 is 0 Å². The molecule has 2 atom stereocenters. The van der Waals surface area contributed by atoms with Gasteiger partial charge in [-0.05, 0) is 74.7 Å². The zero-order valence-electron chi connectivity index (χ0n) is 24.3. The summed E-state index contributed by atoms with van der Waals surface area (Å²) in [6.45, 7) is 19.3. The number of carbonyl (C=O) groups is 4. The maximum atomic E-state index is 12.2. The van der Waals surface area contributed by atoms with Crippen LogP contribution in [0.15, 0.2) is 0 Å². The van der Waals surface area contributed by atoms with Crippen LogP contribution in [0.1, 0.15) is 88.0 Å². The smallest absolute Gasteiger partial charge is 0.410 e. The average Bonchev–Trinajstić information content (AvgIpc) is 3.41. The number of carbonyl (C=O) groups excluding carboxylic acids is 4. The Morgan fingerprint density at radius 2 is 1.35 bits per heavy atom. The van der Waals surface area contributed by atoms with Crippen LogP contribution in [0.25, 0.3) is 0 Å². The molecule has 0 aromatic heterocycles. The number of hydrogen-bond donors (Lipinski definition) is 0. The van der Waals surface area contributed by atoms with Gasteiger partial charge in [0, 0.05) is 26.2 Å².